The van der Waals surface area contributed by atoms with Crippen LogP contribution in [0.15, 0.2) is 18.5 Å². The summed E-state index contributed by atoms with van der Waals surface area (Å²) in [4.78, 5) is 0. The van der Waals surface area contributed by atoms with Crippen molar-refractivity contribution in [2.24, 2.45) is 0 Å². The molecule has 2 aromatic rings. The van der Waals surface area contributed by atoms with Crippen molar-refractivity contribution < 1.29 is 0 Å². The van der Waals surface area contributed by atoms with E-state index in [-0.39, 0.29) is 5.54 Å². The van der Waals surface area contributed by atoms with Gasteiger partial charge in [-0.25, -0.2) is 0 Å². The molecule has 68 valence electrons. The smallest absolute Gasteiger partial charge is 0.131 e. The first-order chi connectivity index (χ1) is 6.07. The molecule has 0 aliphatic carbocycles. The molecule has 0 bridgehead atoms. The topological polar surface area (TPSA) is 43.6 Å². The molecule has 2 rings (SSSR count). The number of hydrogen-bond donors (Lipinski definition) is 0. The number of aromatic nitrogens is 4. The maximum atomic E-state index is 4.40. The van der Waals surface area contributed by atoms with Crippen molar-refractivity contribution in [1.29, 1.82) is 0 Å². The van der Waals surface area contributed by atoms with Crippen LogP contribution in [0.25, 0.3) is 11.0 Å². The van der Waals surface area contributed by atoms with Crippen molar-refractivity contribution in [1.82, 2.24) is 20.0 Å². The van der Waals surface area contributed by atoms with E-state index in [4.69, 9.17) is 0 Å². The average molecular weight is 176 g/mol. The van der Waals surface area contributed by atoms with Crippen molar-refractivity contribution in [2.45, 2.75) is 26.3 Å². The van der Waals surface area contributed by atoms with Crippen LogP contribution in [-0.2, 0) is 5.54 Å². The Hall–Kier alpha value is -1.45. The fraction of sp³-hybridized carbons (Fsp3) is 0.444. The van der Waals surface area contributed by atoms with Gasteiger partial charge in [-0.2, -0.15) is 10.2 Å². The highest BCUT2D eigenvalue weighted by molar-refractivity contribution is 5.72. The van der Waals surface area contributed by atoms with Gasteiger partial charge in [0.1, 0.15) is 11.0 Å². The summed E-state index contributed by atoms with van der Waals surface area (Å²) < 4.78 is 1.91. The second-order valence-corrected chi connectivity index (χ2v) is 4.05. The number of rotatable bonds is 0. The van der Waals surface area contributed by atoms with Crippen molar-refractivity contribution >= 4 is 11.0 Å². The van der Waals surface area contributed by atoms with Gasteiger partial charge in [0.05, 0.1) is 17.9 Å². The minimum Gasteiger partial charge on any atom is -0.265 e. The van der Waals surface area contributed by atoms with Gasteiger partial charge in [0.2, 0.25) is 0 Å². The largest absolute Gasteiger partial charge is 0.265 e. The van der Waals surface area contributed by atoms with Crippen LogP contribution in [0, 0.1) is 0 Å². The van der Waals surface area contributed by atoms with Crippen LogP contribution in [0.4, 0.5) is 0 Å². The molecule has 2 aromatic heterocycles. The van der Waals surface area contributed by atoms with Crippen LogP contribution < -0.4 is 0 Å². The van der Waals surface area contributed by atoms with Gasteiger partial charge in [0.25, 0.3) is 0 Å². The third-order valence-electron chi connectivity index (χ3n) is 1.87. The molecule has 0 radical (unpaired) electrons. The SMILES string of the molecule is CC(C)(C)n1cc2nnccc2n1. The van der Waals surface area contributed by atoms with Crippen LogP contribution in [-0.4, -0.2) is 20.0 Å². The number of nitrogens with zero attached hydrogens (tertiary/aromatic N) is 4. The van der Waals surface area contributed by atoms with E-state index in [9.17, 15) is 0 Å². The van der Waals surface area contributed by atoms with Crippen molar-refractivity contribution in [3.05, 3.63) is 18.5 Å². The van der Waals surface area contributed by atoms with Gasteiger partial charge in [-0.3, -0.25) is 4.68 Å². The van der Waals surface area contributed by atoms with Gasteiger partial charge < -0.3 is 0 Å². The van der Waals surface area contributed by atoms with Gasteiger partial charge in [-0.1, -0.05) is 0 Å². The van der Waals surface area contributed by atoms with Gasteiger partial charge in [0.15, 0.2) is 0 Å². The fourth-order valence-electron chi connectivity index (χ4n) is 1.12. The lowest BCUT2D eigenvalue weighted by atomic mass is 10.1. The monoisotopic (exact) mass is 176 g/mol. The first-order valence-electron chi connectivity index (χ1n) is 4.25. The molecule has 0 saturated heterocycles. The average Bonchev–Trinajstić information content (AvgIpc) is 2.45. The van der Waals surface area contributed by atoms with Gasteiger partial charge in [0, 0.05) is 0 Å². The first-order valence-corrected chi connectivity index (χ1v) is 4.25. The molecule has 0 aliphatic heterocycles. The number of fused-ring (bicyclic) bond motifs is 1. The number of hydrogen-bond acceptors (Lipinski definition) is 3. The molecule has 0 saturated carbocycles. The van der Waals surface area contributed by atoms with Crippen LogP contribution in [0.1, 0.15) is 20.8 Å². The molecule has 0 N–H and O–H groups in total. The molecule has 0 aliphatic rings. The second kappa shape index (κ2) is 2.52. The predicted octanol–water partition coefficient (Wildman–Crippen LogP) is 1.58. The van der Waals surface area contributed by atoms with E-state index in [1.807, 2.05) is 16.9 Å². The van der Waals surface area contributed by atoms with Crippen LogP contribution in [0.2, 0.25) is 0 Å². The summed E-state index contributed by atoms with van der Waals surface area (Å²) in [7, 11) is 0. The van der Waals surface area contributed by atoms with Gasteiger partial charge >= 0.3 is 0 Å². The predicted molar refractivity (Wildman–Crippen MR) is 50.3 cm³/mol. The Morgan fingerprint density at radius 3 is 2.62 bits per heavy atom. The highest BCUT2D eigenvalue weighted by Gasteiger charge is 2.14. The van der Waals surface area contributed by atoms with E-state index in [0.29, 0.717) is 0 Å². The zero-order valence-corrected chi connectivity index (χ0v) is 8.02. The Morgan fingerprint density at radius 2 is 2.00 bits per heavy atom. The molecule has 4 heteroatoms. The fourth-order valence-corrected chi connectivity index (χ4v) is 1.12. The Labute approximate surface area is 76.6 Å². The molecule has 0 spiro atoms. The third kappa shape index (κ3) is 1.39. The lowest BCUT2D eigenvalue weighted by Gasteiger charge is -2.18. The van der Waals surface area contributed by atoms with Crippen molar-refractivity contribution in [2.75, 3.05) is 0 Å². The zero-order chi connectivity index (χ0) is 9.47. The van der Waals surface area contributed by atoms with Gasteiger partial charge in [-0.15, -0.1) is 5.10 Å². The molecule has 2 heterocycles. The Bertz CT molecular complexity index is 391. The third-order valence-corrected chi connectivity index (χ3v) is 1.87. The Morgan fingerprint density at radius 1 is 1.23 bits per heavy atom. The Balaban J connectivity index is 2.63. The Kier molecular flexibility index (Phi) is 1.58. The molecule has 0 atom stereocenters. The molecule has 13 heavy (non-hydrogen) atoms. The molecular weight excluding hydrogens is 164 g/mol. The summed E-state index contributed by atoms with van der Waals surface area (Å²) >= 11 is 0. The summed E-state index contributed by atoms with van der Waals surface area (Å²) in [5, 5.41) is 12.2. The zero-order valence-electron chi connectivity index (χ0n) is 8.02. The molecule has 0 aromatic carbocycles. The minimum absolute atomic E-state index is 0.000694. The summed E-state index contributed by atoms with van der Waals surface area (Å²) in [5.41, 5.74) is 1.74. The molecule has 4 nitrogen and oxygen atoms in total. The van der Waals surface area contributed by atoms with Crippen LogP contribution in [0.3, 0.4) is 0 Å². The quantitative estimate of drug-likeness (QED) is 0.612. The maximum absolute atomic E-state index is 4.40. The molecule has 0 fully saturated rings. The van der Waals surface area contributed by atoms with Crippen molar-refractivity contribution in [3.63, 3.8) is 0 Å². The van der Waals surface area contributed by atoms with E-state index < -0.39 is 0 Å². The van der Waals surface area contributed by atoms with Gasteiger partial charge in [-0.05, 0) is 26.8 Å². The first kappa shape index (κ1) is 8.16. The summed E-state index contributed by atoms with van der Waals surface area (Å²) in [5.74, 6) is 0. The summed E-state index contributed by atoms with van der Waals surface area (Å²) in [6, 6.07) is 1.87. The molecule has 0 amide bonds. The van der Waals surface area contributed by atoms with Crippen LogP contribution in [0.5, 0.6) is 0 Å². The van der Waals surface area contributed by atoms with Crippen molar-refractivity contribution in [3.8, 4) is 0 Å². The standard InChI is InChI=1S/C9H12N4/c1-9(2,3)13-6-8-7(12-13)4-5-10-11-8/h4-6H,1-3H3. The van der Waals surface area contributed by atoms with E-state index in [1.54, 1.807) is 6.20 Å². The van der Waals surface area contributed by atoms with E-state index >= 15 is 0 Å². The minimum atomic E-state index is 0.000694. The normalized spacial score (nSPS) is 12.2. The van der Waals surface area contributed by atoms with E-state index in [1.165, 1.54) is 0 Å². The molecule has 0 unspecified atom stereocenters. The van der Waals surface area contributed by atoms with Crippen LogP contribution >= 0.6 is 0 Å². The van der Waals surface area contributed by atoms with E-state index in [0.717, 1.165) is 11.0 Å². The summed E-state index contributed by atoms with van der Waals surface area (Å²) in [6.45, 7) is 6.31. The lowest BCUT2D eigenvalue weighted by Crippen LogP contribution is -2.21. The second-order valence-electron chi connectivity index (χ2n) is 4.05. The molecular formula is C9H12N4. The highest BCUT2D eigenvalue weighted by Crippen LogP contribution is 2.16. The van der Waals surface area contributed by atoms with E-state index in [2.05, 4.69) is 36.1 Å². The highest BCUT2D eigenvalue weighted by atomic mass is 15.3. The maximum Gasteiger partial charge on any atom is 0.131 e. The lowest BCUT2D eigenvalue weighted by molar-refractivity contribution is 0.358. The summed E-state index contributed by atoms with van der Waals surface area (Å²) in [6.07, 6.45) is 3.57.